The highest BCUT2D eigenvalue weighted by Crippen LogP contribution is 2.24. The van der Waals surface area contributed by atoms with Gasteiger partial charge in [0.1, 0.15) is 5.69 Å². The van der Waals surface area contributed by atoms with Gasteiger partial charge in [-0.3, -0.25) is 4.98 Å². The number of aryl methyl sites for hydroxylation is 1. The predicted molar refractivity (Wildman–Crippen MR) is 69.0 cm³/mol. The molecule has 0 fully saturated rings. The lowest BCUT2D eigenvalue weighted by molar-refractivity contribution is 0.950. The van der Waals surface area contributed by atoms with Crippen LogP contribution in [0.5, 0.6) is 0 Å². The number of rotatable bonds is 1. The zero-order chi connectivity index (χ0) is 11.8. The number of hydrogen-bond donors (Lipinski definition) is 0. The number of fused-ring (bicyclic) bond motifs is 1. The number of nitrogens with zero attached hydrogens (tertiary/aromatic N) is 3. The summed E-state index contributed by atoms with van der Waals surface area (Å²) in [6.07, 6.45) is 1.77. The zero-order valence-corrected chi connectivity index (χ0v) is 10.0. The maximum atomic E-state index is 5.96. The van der Waals surface area contributed by atoms with Crippen LogP contribution in [0.2, 0.25) is 5.02 Å². The van der Waals surface area contributed by atoms with Crippen LogP contribution in [0, 0.1) is 0 Å². The summed E-state index contributed by atoms with van der Waals surface area (Å²) in [5.74, 6) is 0.850. The molecule has 2 heterocycles. The largest absolute Gasteiger partial charge is 0.326 e. The van der Waals surface area contributed by atoms with Gasteiger partial charge < -0.3 is 4.57 Å². The molecular formula is C13H10ClN3. The van der Waals surface area contributed by atoms with E-state index < -0.39 is 0 Å². The first-order valence-corrected chi connectivity index (χ1v) is 5.67. The highest BCUT2D eigenvalue weighted by Gasteiger charge is 2.10. The molecule has 0 aliphatic carbocycles. The lowest BCUT2D eigenvalue weighted by Gasteiger charge is -2.00. The van der Waals surface area contributed by atoms with E-state index in [1.807, 2.05) is 48.0 Å². The molecule has 0 saturated heterocycles. The summed E-state index contributed by atoms with van der Waals surface area (Å²) in [5, 5.41) is 0.697. The van der Waals surface area contributed by atoms with E-state index in [4.69, 9.17) is 11.6 Å². The van der Waals surface area contributed by atoms with Gasteiger partial charge in [-0.2, -0.15) is 0 Å². The van der Waals surface area contributed by atoms with Crippen molar-refractivity contribution in [1.82, 2.24) is 14.5 Å². The summed E-state index contributed by atoms with van der Waals surface area (Å²) >= 11 is 5.96. The van der Waals surface area contributed by atoms with Gasteiger partial charge in [0.05, 0.1) is 11.0 Å². The third kappa shape index (κ3) is 1.68. The first-order chi connectivity index (χ1) is 8.25. The summed E-state index contributed by atoms with van der Waals surface area (Å²) in [4.78, 5) is 8.87. The molecule has 4 heteroatoms. The fourth-order valence-electron chi connectivity index (χ4n) is 1.90. The molecule has 3 rings (SSSR count). The quantitative estimate of drug-likeness (QED) is 0.657. The summed E-state index contributed by atoms with van der Waals surface area (Å²) in [6, 6.07) is 11.5. The number of hydrogen-bond acceptors (Lipinski definition) is 2. The maximum Gasteiger partial charge on any atom is 0.159 e. The fraction of sp³-hybridized carbons (Fsp3) is 0.0769. The molecule has 0 N–H and O–H groups in total. The molecule has 0 atom stereocenters. The van der Waals surface area contributed by atoms with Gasteiger partial charge in [0, 0.05) is 18.3 Å². The molecule has 84 valence electrons. The minimum atomic E-state index is 0.697. The second kappa shape index (κ2) is 3.86. The molecule has 0 radical (unpaired) electrons. The van der Waals surface area contributed by atoms with E-state index in [-0.39, 0.29) is 0 Å². The highest BCUT2D eigenvalue weighted by atomic mass is 35.5. The molecule has 2 aromatic heterocycles. The topological polar surface area (TPSA) is 30.7 Å². The van der Waals surface area contributed by atoms with Crippen molar-refractivity contribution < 1.29 is 0 Å². The summed E-state index contributed by atoms with van der Waals surface area (Å²) < 4.78 is 2.02. The zero-order valence-electron chi connectivity index (χ0n) is 9.26. The Morgan fingerprint density at radius 1 is 1.18 bits per heavy atom. The Hall–Kier alpha value is -1.87. The Bertz CT molecular complexity index is 674. The van der Waals surface area contributed by atoms with E-state index in [0.717, 1.165) is 22.6 Å². The van der Waals surface area contributed by atoms with E-state index >= 15 is 0 Å². The van der Waals surface area contributed by atoms with Gasteiger partial charge in [0.25, 0.3) is 0 Å². The Labute approximate surface area is 104 Å². The van der Waals surface area contributed by atoms with Crippen molar-refractivity contribution in [3.8, 4) is 11.5 Å². The van der Waals surface area contributed by atoms with Crippen molar-refractivity contribution >= 4 is 22.6 Å². The molecule has 1 aromatic carbocycles. The van der Waals surface area contributed by atoms with E-state index in [2.05, 4.69) is 9.97 Å². The van der Waals surface area contributed by atoms with Crippen LogP contribution in [0.25, 0.3) is 22.6 Å². The highest BCUT2D eigenvalue weighted by molar-refractivity contribution is 6.31. The average molecular weight is 244 g/mol. The van der Waals surface area contributed by atoms with E-state index in [1.165, 1.54) is 0 Å². The normalized spacial score (nSPS) is 10.9. The third-order valence-electron chi connectivity index (χ3n) is 2.74. The fourth-order valence-corrected chi connectivity index (χ4v) is 2.06. The van der Waals surface area contributed by atoms with E-state index in [9.17, 15) is 0 Å². The van der Waals surface area contributed by atoms with Crippen LogP contribution in [0.3, 0.4) is 0 Å². The van der Waals surface area contributed by atoms with Crippen LogP contribution in [-0.2, 0) is 7.05 Å². The summed E-state index contributed by atoms with van der Waals surface area (Å²) in [5.41, 5.74) is 2.80. The van der Waals surface area contributed by atoms with Crippen molar-refractivity contribution in [3.63, 3.8) is 0 Å². The second-order valence-electron chi connectivity index (χ2n) is 3.84. The van der Waals surface area contributed by atoms with Crippen LogP contribution in [0.15, 0.2) is 42.6 Å². The van der Waals surface area contributed by atoms with E-state index in [0.29, 0.717) is 5.02 Å². The van der Waals surface area contributed by atoms with Crippen molar-refractivity contribution in [1.29, 1.82) is 0 Å². The molecule has 17 heavy (non-hydrogen) atoms. The molecular weight excluding hydrogens is 234 g/mol. The van der Waals surface area contributed by atoms with Crippen LogP contribution >= 0.6 is 11.6 Å². The minimum absolute atomic E-state index is 0.697. The van der Waals surface area contributed by atoms with Crippen LogP contribution < -0.4 is 0 Å². The van der Waals surface area contributed by atoms with Crippen molar-refractivity contribution in [2.24, 2.45) is 7.05 Å². The smallest absolute Gasteiger partial charge is 0.159 e. The van der Waals surface area contributed by atoms with Crippen LogP contribution in [0.4, 0.5) is 0 Å². The van der Waals surface area contributed by atoms with Gasteiger partial charge >= 0.3 is 0 Å². The summed E-state index contributed by atoms with van der Waals surface area (Å²) in [6.45, 7) is 0. The summed E-state index contributed by atoms with van der Waals surface area (Å²) in [7, 11) is 1.98. The molecule has 0 bridgehead atoms. The first-order valence-electron chi connectivity index (χ1n) is 5.29. The first kappa shape index (κ1) is 10.3. The van der Waals surface area contributed by atoms with Crippen LogP contribution in [-0.4, -0.2) is 14.5 Å². The number of halogens is 1. The van der Waals surface area contributed by atoms with Crippen molar-refractivity contribution in [2.75, 3.05) is 0 Å². The van der Waals surface area contributed by atoms with Gasteiger partial charge in [0.2, 0.25) is 0 Å². The Balaban J connectivity index is 2.28. The number of benzene rings is 1. The van der Waals surface area contributed by atoms with Gasteiger partial charge in [-0.1, -0.05) is 17.7 Å². The standard InChI is InChI=1S/C13H10ClN3/c1-17-12-6-5-9(14)8-11(12)16-13(17)10-4-2-3-7-15-10/h2-8H,1H3. The van der Waals surface area contributed by atoms with Crippen molar-refractivity contribution in [3.05, 3.63) is 47.6 Å². The lowest BCUT2D eigenvalue weighted by atomic mass is 10.3. The average Bonchev–Trinajstić information content (AvgIpc) is 2.67. The number of aromatic nitrogens is 3. The molecule has 0 aliphatic heterocycles. The molecule has 0 spiro atoms. The molecule has 0 saturated carbocycles. The van der Waals surface area contributed by atoms with Gasteiger partial charge in [-0.25, -0.2) is 4.98 Å². The number of pyridine rings is 1. The van der Waals surface area contributed by atoms with E-state index in [1.54, 1.807) is 6.20 Å². The lowest BCUT2D eigenvalue weighted by Crippen LogP contribution is -1.93. The molecule has 3 aromatic rings. The number of imidazole rings is 1. The molecule has 0 aliphatic rings. The minimum Gasteiger partial charge on any atom is -0.326 e. The Morgan fingerprint density at radius 2 is 2.06 bits per heavy atom. The molecule has 0 amide bonds. The van der Waals surface area contributed by atoms with Crippen LogP contribution in [0.1, 0.15) is 0 Å². The predicted octanol–water partition coefficient (Wildman–Crippen LogP) is 3.29. The van der Waals surface area contributed by atoms with Gasteiger partial charge in [-0.05, 0) is 30.3 Å². The maximum absolute atomic E-state index is 5.96. The Morgan fingerprint density at radius 3 is 2.82 bits per heavy atom. The Kier molecular flexibility index (Phi) is 2.34. The molecule has 0 unspecified atom stereocenters. The van der Waals surface area contributed by atoms with Gasteiger partial charge in [0.15, 0.2) is 5.82 Å². The molecule has 3 nitrogen and oxygen atoms in total. The SMILES string of the molecule is Cn1c(-c2ccccn2)nc2cc(Cl)ccc21. The van der Waals surface area contributed by atoms with Gasteiger partial charge in [-0.15, -0.1) is 0 Å². The van der Waals surface area contributed by atoms with Crippen molar-refractivity contribution in [2.45, 2.75) is 0 Å². The second-order valence-corrected chi connectivity index (χ2v) is 4.28. The third-order valence-corrected chi connectivity index (χ3v) is 2.97. The monoisotopic (exact) mass is 243 g/mol.